The highest BCUT2D eigenvalue weighted by atomic mass is 79.9. The van der Waals surface area contributed by atoms with E-state index in [0.29, 0.717) is 20.5 Å². The Morgan fingerprint density at radius 1 is 1.27 bits per heavy atom. The number of hydrogen-bond donors (Lipinski definition) is 2. The van der Waals surface area contributed by atoms with Gasteiger partial charge < -0.3 is 16.3 Å². The molecule has 0 radical (unpaired) electrons. The summed E-state index contributed by atoms with van der Waals surface area (Å²) < 4.78 is 6.52. The number of nitriles is 2. The fourth-order valence-electron chi connectivity index (χ4n) is 2.07. The Morgan fingerprint density at radius 3 is 2.45 bits per heavy atom. The van der Waals surface area contributed by atoms with Crippen molar-refractivity contribution in [3.8, 4) is 29.0 Å². The molecule has 0 saturated heterocycles. The largest absolute Gasteiger partial charge is 0.496 e. The number of anilines is 1. The molecule has 0 fully saturated rings. The lowest BCUT2D eigenvalue weighted by Crippen LogP contribution is -2.33. The number of nitrogen functional groups attached to an aromatic ring is 2. The molecule has 0 aliphatic carbocycles. The standard InChI is InChI=1S/C14H10BrN5O2/c1-22-11-3-2-7(15)4-8(11)12-9(5-16)13(18)20(19)14(21)10(12)6-17/h2-4H,18-19H2,1H3. The van der Waals surface area contributed by atoms with Crippen LogP contribution in [0.2, 0.25) is 0 Å². The molecule has 1 heterocycles. The van der Waals surface area contributed by atoms with Crippen LogP contribution in [-0.4, -0.2) is 11.8 Å². The second-order valence-electron chi connectivity index (χ2n) is 4.25. The fourth-order valence-corrected chi connectivity index (χ4v) is 2.43. The van der Waals surface area contributed by atoms with Crippen LogP contribution in [0.4, 0.5) is 5.82 Å². The van der Waals surface area contributed by atoms with Crippen LogP contribution in [0.5, 0.6) is 5.75 Å². The lowest BCUT2D eigenvalue weighted by atomic mass is 9.96. The number of nitrogens with two attached hydrogens (primary N) is 2. The van der Waals surface area contributed by atoms with E-state index in [4.69, 9.17) is 16.3 Å². The predicted octanol–water partition coefficient (Wildman–Crippen LogP) is 1.33. The van der Waals surface area contributed by atoms with E-state index < -0.39 is 5.56 Å². The highest BCUT2D eigenvalue weighted by Crippen LogP contribution is 2.37. The summed E-state index contributed by atoms with van der Waals surface area (Å²) in [5.41, 5.74) is 5.13. The van der Waals surface area contributed by atoms with E-state index in [9.17, 15) is 15.3 Å². The SMILES string of the molecule is COc1ccc(Br)cc1-c1c(C#N)c(N)n(N)c(=O)c1C#N. The maximum absolute atomic E-state index is 12.1. The Balaban J connectivity index is 3.06. The van der Waals surface area contributed by atoms with E-state index in [-0.39, 0.29) is 22.5 Å². The highest BCUT2D eigenvalue weighted by Gasteiger charge is 2.23. The molecule has 0 aliphatic heterocycles. The Morgan fingerprint density at radius 2 is 1.91 bits per heavy atom. The molecule has 0 amide bonds. The summed E-state index contributed by atoms with van der Waals surface area (Å²) >= 11 is 3.31. The van der Waals surface area contributed by atoms with Gasteiger partial charge in [-0.3, -0.25) is 4.79 Å². The number of ether oxygens (including phenoxy) is 1. The minimum atomic E-state index is -0.781. The van der Waals surface area contributed by atoms with Crippen LogP contribution >= 0.6 is 15.9 Å². The van der Waals surface area contributed by atoms with Crippen LogP contribution in [0, 0.1) is 22.7 Å². The Kier molecular flexibility index (Phi) is 4.06. The number of halogens is 1. The third-order valence-corrected chi connectivity index (χ3v) is 3.60. The van der Waals surface area contributed by atoms with Crippen molar-refractivity contribution in [1.29, 1.82) is 10.5 Å². The normalized spacial score (nSPS) is 9.82. The molecule has 0 bridgehead atoms. The van der Waals surface area contributed by atoms with Crippen LogP contribution in [0.25, 0.3) is 11.1 Å². The average molecular weight is 360 g/mol. The van der Waals surface area contributed by atoms with E-state index in [1.54, 1.807) is 24.3 Å². The Hall–Kier alpha value is -2.97. The molecular formula is C14H10BrN5O2. The monoisotopic (exact) mass is 359 g/mol. The lowest BCUT2D eigenvalue weighted by molar-refractivity contribution is 0.416. The zero-order chi connectivity index (χ0) is 16.4. The van der Waals surface area contributed by atoms with Gasteiger partial charge in [-0.05, 0) is 18.2 Å². The number of pyridine rings is 1. The van der Waals surface area contributed by atoms with Gasteiger partial charge in [0, 0.05) is 15.6 Å². The molecule has 1 aromatic carbocycles. The minimum Gasteiger partial charge on any atom is -0.496 e. The molecule has 110 valence electrons. The molecule has 2 aromatic rings. The number of aromatic nitrogens is 1. The van der Waals surface area contributed by atoms with Crippen molar-refractivity contribution in [3.05, 3.63) is 44.2 Å². The van der Waals surface area contributed by atoms with Crippen LogP contribution in [0.3, 0.4) is 0 Å². The second kappa shape index (κ2) is 5.80. The first kappa shape index (κ1) is 15.4. The van der Waals surface area contributed by atoms with Crippen molar-refractivity contribution in [2.45, 2.75) is 0 Å². The third-order valence-electron chi connectivity index (χ3n) is 3.10. The summed E-state index contributed by atoms with van der Waals surface area (Å²) in [6, 6.07) is 8.68. The topological polar surface area (TPSA) is 131 Å². The summed E-state index contributed by atoms with van der Waals surface area (Å²) in [5.74, 6) is 5.69. The van der Waals surface area contributed by atoms with Crippen LogP contribution < -0.4 is 21.9 Å². The molecule has 0 saturated carbocycles. The van der Waals surface area contributed by atoms with E-state index in [1.165, 1.54) is 7.11 Å². The number of methoxy groups -OCH3 is 1. The number of nitrogens with zero attached hydrogens (tertiary/aromatic N) is 3. The Bertz CT molecular complexity index is 905. The van der Waals surface area contributed by atoms with Crippen LogP contribution in [-0.2, 0) is 0 Å². The molecule has 2 rings (SSSR count). The van der Waals surface area contributed by atoms with E-state index in [0.717, 1.165) is 0 Å². The highest BCUT2D eigenvalue weighted by molar-refractivity contribution is 9.10. The predicted molar refractivity (Wildman–Crippen MR) is 84.4 cm³/mol. The lowest BCUT2D eigenvalue weighted by Gasteiger charge is -2.15. The molecular weight excluding hydrogens is 350 g/mol. The van der Waals surface area contributed by atoms with Crippen LogP contribution in [0.1, 0.15) is 11.1 Å². The number of rotatable bonds is 2. The van der Waals surface area contributed by atoms with Crippen LogP contribution in [0.15, 0.2) is 27.5 Å². The molecule has 4 N–H and O–H groups in total. The molecule has 0 atom stereocenters. The van der Waals surface area contributed by atoms with Gasteiger partial charge in [0.1, 0.15) is 34.8 Å². The summed E-state index contributed by atoms with van der Waals surface area (Å²) in [5, 5.41) is 18.7. The fraction of sp³-hybridized carbons (Fsp3) is 0.0714. The second-order valence-corrected chi connectivity index (χ2v) is 5.17. The van der Waals surface area contributed by atoms with E-state index in [2.05, 4.69) is 15.9 Å². The minimum absolute atomic E-state index is 0.0601. The van der Waals surface area contributed by atoms with E-state index >= 15 is 0 Å². The van der Waals surface area contributed by atoms with Gasteiger partial charge in [0.15, 0.2) is 0 Å². The first-order valence-electron chi connectivity index (χ1n) is 5.93. The van der Waals surface area contributed by atoms with Crippen molar-refractivity contribution in [1.82, 2.24) is 4.68 Å². The molecule has 0 aliphatic rings. The molecule has 1 aromatic heterocycles. The van der Waals surface area contributed by atoms with E-state index in [1.807, 2.05) is 6.07 Å². The summed E-state index contributed by atoms with van der Waals surface area (Å²) in [4.78, 5) is 12.1. The summed E-state index contributed by atoms with van der Waals surface area (Å²) in [7, 11) is 1.44. The first-order chi connectivity index (χ1) is 10.5. The molecule has 7 nitrogen and oxygen atoms in total. The van der Waals surface area contributed by atoms with Gasteiger partial charge in [0.25, 0.3) is 5.56 Å². The molecule has 0 spiro atoms. The van der Waals surface area contributed by atoms with Gasteiger partial charge in [0.2, 0.25) is 0 Å². The van der Waals surface area contributed by atoms with Crippen molar-refractivity contribution >= 4 is 21.7 Å². The van der Waals surface area contributed by atoms with Gasteiger partial charge in [-0.25, -0.2) is 4.68 Å². The quantitative estimate of drug-likeness (QED) is 0.777. The van der Waals surface area contributed by atoms with Crippen molar-refractivity contribution in [2.24, 2.45) is 0 Å². The maximum Gasteiger partial charge on any atom is 0.289 e. The van der Waals surface area contributed by atoms with Crippen molar-refractivity contribution < 1.29 is 4.74 Å². The smallest absolute Gasteiger partial charge is 0.289 e. The molecule has 22 heavy (non-hydrogen) atoms. The first-order valence-corrected chi connectivity index (χ1v) is 6.73. The molecule has 0 unspecified atom stereocenters. The zero-order valence-corrected chi connectivity index (χ0v) is 13.0. The Labute approximate surface area is 134 Å². The van der Waals surface area contributed by atoms with Gasteiger partial charge in [0.05, 0.1) is 7.11 Å². The summed E-state index contributed by atoms with van der Waals surface area (Å²) in [6.07, 6.45) is 0. The third kappa shape index (κ3) is 2.26. The summed E-state index contributed by atoms with van der Waals surface area (Å²) in [6.45, 7) is 0. The van der Waals surface area contributed by atoms with Crippen molar-refractivity contribution in [2.75, 3.05) is 18.7 Å². The number of hydrogen-bond acceptors (Lipinski definition) is 6. The zero-order valence-electron chi connectivity index (χ0n) is 11.4. The molecule has 8 heteroatoms. The van der Waals surface area contributed by atoms with Gasteiger partial charge >= 0.3 is 0 Å². The van der Waals surface area contributed by atoms with Gasteiger partial charge in [-0.2, -0.15) is 10.5 Å². The maximum atomic E-state index is 12.1. The van der Waals surface area contributed by atoms with Crippen molar-refractivity contribution in [3.63, 3.8) is 0 Å². The average Bonchev–Trinajstić information content (AvgIpc) is 2.52. The van der Waals surface area contributed by atoms with Gasteiger partial charge in [-0.15, -0.1) is 0 Å². The number of benzene rings is 1. The van der Waals surface area contributed by atoms with Gasteiger partial charge in [-0.1, -0.05) is 15.9 Å².